The van der Waals surface area contributed by atoms with Gasteiger partial charge in [-0.05, 0) is 25.7 Å². The SMILES string of the molecule is CCCCCCCCCCCCCCCCCCCCCCCCC(O)C(CO)NC(=O)CCCCCCCCCCCCCCCCCCCCCCCCCCCCCCOC(=O)CCCCCCCCCCCCCCCC. The molecular formula is C75H149NO5. The van der Waals surface area contributed by atoms with Crippen LogP contribution in [0.1, 0.15) is 444 Å². The smallest absolute Gasteiger partial charge is 0.305 e. The van der Waals surface area contributed by atoms with Crippen molar-refractivity contribution in [3.8, 4) is 0 Å². The largest absolute Gasteiger partial charge is 0.466 e. The molecule has 484 valence electrons. The number of aliphatic hydroxyl groups is 2. The van der Waals surface area contributed by atoms with Gasteiger partial charge in [-0.3, -0.25) is 9.59 Å². The van der Waals surface area contributed by atoms with Gasteiger partial charge in [-0.25, -0.2) is 0 Å². The maximum Gasteiger partial charge on any atom is 0.305 e. The third kappa shape index (κ3) is 67.9. The fourth-order valence-corrected chi connectivity index (χ4v) is 12.4. The van der Waals surface area contributed by atoms with E-state index in [1.54, 1.807) is 0 Å². The molecule has 0 aliphatic heterocycles. The number of nitrogens with one attached hydrogen (secondary N) is 1. The number of amides is 1. The molecule has 0 aromatic heterocycles. The highest BCUT2D eigenvalue weighted by molar-refractivity contribution is 5.76. The Morgan fingerprint density at radius 2 is 0.506 bits per heavy atom. The second-order valence-electron chi connectivity index (χ2n) is 26.4. The van der Waals surface area contributed by atoms with Crippen LogP contribution in [-0.4, -0.2) is 47.4 Å². The molecule has 1 amide bonds. The number of ether oxygens (including phenoxy) is 1. The summed E-state index contributed by atoms with van der Waals surface area (Å²) in [4.78, 5) is 24.6. The molecule has 6 nitrogen and oxygen atoms in total. The fraction of sp³-hybridized carbons (Fsp3) is 0.973. The zero-order valence-electron chi connectivity index (χ0n) is 55.6. The van der Waals surface area contributed by atoms with Crippen LogP contribution in [0.25, 0.3) is 0 Å². The summed E-state index contributed by atoms with van der Waals surface area (Å²) in [7, 11) is 0. The van der Waals surface area contributed by atoms with Gasteiger partial charge < -0.3 is 20.3 Å². The number of rotatable bonds is 72. The highest BCUT2D eigenvalue weighted by Crippen LogP contribution is 2.20. The van der Waals surface area contributed by atoms with Gasteiger partial charge in [0.1, 0.15) is 0 Å². The molecule has 2 unspecified atom stereocenters. The van der Waals surface area contributed by atoms with E-state index in [0.29, 0.717) is 25.9 Å². The molecule has 0 heterocycles. The van der Waals surface area contributed by atoms with Gasteiger partial charge in [-0.1, -0.05) is 406 Å². The van der Waals surface area contributed by atoms with Gasteiger partial charge >= 0.3 is 5.97 Å². The lowest BCUT2D eigenvalue weighted by atomic mass is 10.0. The van der Waals surface area contributed by atoms with Gasteiger partial charge in [-0.15, -0.1) is 0 Å². The molecule has 0 rings (SSSR count). The third-order valence-corrected chi connectivity index (χ3v) is 18.2. The minimum Gasteiger partial charge on any atom is -0.466 e. The Morgan fingerprint density at radius 3 is 0.753 bits per heavy atom. The van der Waals surface area contributed by atoms with Crippen molar-refractivity contribution in [2.45, 2.75) is 456 Å². The highest BCUT2D eigenvalue weighted by Gasteiger charge is 2.20. The zero-order valence-corrected chi connectivity index (χ0v) is 55.6. The van der Waals surface area contributed by atoms with Crippen molar-refractivity contribution in [3.05, 3.63) is 0 Å². The summed E-state index contributed by atoms with van der Waals surface area (Å²) in [6, 6.07) is -0.539. The standard InChI is InChI=1S/C75H149NO5/c1-3-5-7-9-11-13-15-17-19-20-21-22-31-34-37-40-43-47-51-55-59-63-67-73(78)72(71-77)76-74(79)68-64-60-56-52-48-44-41-38-35-32-29-27-25-23-24-26-28-30-33-36-39-42-46-50-54-58-62-66-70-81-75(80)69-65-61-57-53-49-45-18-16-14-12-10-8-6-4-2/h72-73,77-78H,3-71H2,1-2H3,(H,76,79). The third-order valence-electron chi connectivity index (χ3n) is 18.2. The molecule has 2 atom stereocenters. The molecule has 6 heteroatoms. The van der Waals surface area contributed by atoms with Crippen molar-refractivity contribution in [2.75, 3.05) is 13.2 Å². The Hall–Kier alpha value is -1.14. The average Bonchev–Trinajstić information content (AvgIpc) is 3.47. The maximum atomic E-state index is 12.6. The van der Waals surface area contributed by atoms with Gasteiger partial charge in [-0.2, -0.15) is 0 Å². The van der Waals surface area contributed by atoms with Crippen molar-refractivity contribution in [2.24, 2.45) is 0 Å². The quantitative estimate of drug-likeness (QED) is 0.0417. The summed E-state index contributed by atoms with van der Waals surface area (Å²) in [6.45, 7) is 5.01. The first kappa shape index (κ1) is 79.9. The number of carbonyl (C=O) groups excluding carboxylic acids is 2. The molecule has 81 heavy (non-hydrogen) atoms. The lowest BCUT2D eigenvalue weighted by Crippen LogP contribution is -2.45. The van der Waals surface area contributed by atoms with Gasteiger partial charge in [0, 0.05) is 12.8 Å². The van der Waals surface area contributed by atoms with Gasteiger partial charge in [0.2, 0.25) is 5.91 Å². The molecule has 0 saturated heterocycles. The molecule has 0 aliphatic carbocycles. The van der Waals surface area contributed by atoms with Crippen LogP contribution in [-0.2, 0) is 14.3 Å². The Morgan fingerprint density at radius 1 is 0.296 bits per heavy atom. The average molecular weight is 1150 g/mol. The Labute approximate surface area is 508 Å². The van der Waals surface area contributed by atoms with E-state index >= 15 is 0 Å². The van der Waals surface area contributed by atoms with Gasteiger partial charge in [0.05, 0.1) is 25.4 Å². The van der Waals surface area contributed by atoms with Crippen LogP contribution in [0.2, 0.25) is 0 Å². The van der Waals surface area contributed by atoms with E-state index in [9.17, 15) is 19.8 Å². The number of aliphatic hydroxyl groups excluding tert-OH is 2. The normalized spacial score (nSPS) is 12.4. The number of hydrogen-bond acceptors (Lipinski definition) is 5. The second kappa shape index (κ2) is 71.3. The molecular weight excluding hydrogens is 995 g/mol. The summed E-state index contributed by atoms with van der Waals surface area (Å²) in [5.74, 6) is -0.00319. The van der Waals surface area contributed by atoms with Gasteiger partial charge in [0.15, 0.2) is 0 Å². The summed E-state index contributed by atoms with van der Waals surface area (Å²) >= 11 is 0. The van der Waals surface area contributed by atoms with E-state index in [-0.39, 0.29) is 18.5 Å². The van der Waals surface area contributed by atoms with Crippen molar-refractivity contribution >= 4 is 11.9 Å². The monoisotopic (exact) mass is 1140 g/mol. The van der Waals surface area contributed by atoms with Crippen LogP contribution in [0.4, 0.5) is 0 Å². The molecule has 0 aliphatic rings. The second-order valence-corrected chi connectivity index (χ2v) is 26.4. The zero-order chi connectivity index (χ0) is 58.5. The fourth-order valence-electron chi connectivity index (χ4n) is 12.4. The van der Waals surface area contributed by atoms with Crippen molar-refractivity contribution in [1.82, 2.24) is 5.32 Å². The van der Waals surface area contributed by atoms with Crippen molar-refractivity contribution in [3.63, 3.8) is 0 Å². The summed E-state index contributed by atoms with van der Waals surface area (Å²) in [5.41, 5.74) is 0. The van der Waals surface area contributed by atoms with Crippen LogP contribution >= 0.6 is 0 Å². The van der Waals surface area contributed by atoms with Crippen LogP contribution in [0.3, 0.4) is 0 Å². The van der Waals surface area contributed by atoms with E-state index in [1.807, 2.05) is 0 Å². The number of esters is 1. The Kier molecular flexibility index (Phi) is 70.3. The topological polar surface area (TPSA) is 95.9 Å². The van der Waals surface area contributed by atoms with E-state index in [2.05, 4.69) is 19.2 Å². The van der Waals surface area contributed by atoms with E-state index < -0.39 is 12.1 Å². The summed E-state index contributed by atoms with van der Waals surface area (Å²) in [5, 5.41) is 23.5. The predicted octanol–water partition coefficient (Wildman–Crippen LogP) is 24.5. The van der Waals surface area contributed by atoms with Crippen LogP contribution < -0.4 is 5.32 Å². The molecule has 0 spiro atoms. The number of unbranched alkanes of at least 4 members (excludes halogenated alkanes) is 61. The van der Waals surface area contributed by atoms with Crippen molar-refractivity contribution in [1.29, 1.82) is 0 Å². The van der Waals surface area contributed by atoms with E-state index in [0.717, 1.165) is 38.5 Å². The minimum absolute atomic E-state index is 0.0226. The Bertz CT molecular complexity index is 1180. The molecule has 0 bridgehead atoms. The number of carbonyl (C=O) groups is 2. The highest BCUT2D eigenvalue weighted by atomic mass is 16.5. The molecule has 0 radical (unpaired) electrons. The molecule has 3 N–H and O–H groups in total. The minimum atomic E-state index is -0.662. The van der Waals surface area contributed by atoms with Crippen LogP contribution in [0.5, 0.6) is 0 Å². The maximum absolute atomic E-state index is 12.6. The van der Waals surface area contributed by atoms with Crippen molar-refractivity contribution < 1.29 is 24.5 Å². The lowest BCUT2D eigenvalue weighted by molar-refractivity contribution is -0.143. The predicted molar refractivity (Wildman–Crippen MR) is 357 cm³/mol. The van der Waals surface area contributed by atoms with Crippen LogP contribution in [0, 0.1) is 0 Å². The molecule has 0 fully saturated rings. The van der Waals surface area contributed by atoms with E-state index in [1.165, 1.54) is 372 Å². The molecule has 0 aromatic rings. The molecule has 0 aromatic carbocycles. The summed E-state index contributed by atoms with van der Waals surface area (Å²) in [6.07, 6.45) is 87.4. The summed E-state index contributed by atoms with van der Waals surface area (Å²) < 4.78 is 5.50. The van der Waals surface area contributed by atoms with Gasteiger partial charge in [0.25, 0.3) is 0 Å². The Balaban J connectivity index is 3.33. The number of hydrogen-bond donors (Lipinski definition) is 3. The van der Waals surface area contributed by atoms with E-state index in [4.69, 9.17) is 4.74 Å². The first-order chi connectivity index (χ1) is 40.0. The first-order valence-corrected chi connectivity index (χ1v) is 37.8. The molecule has 0 saturated carbocycles. The first-order valence-electron chi connectivity index (χ1n) is 37.8. The van der Waals surface area contributed by atoms with Crippen LogP contribution in [0.15, 0.2) is 0 Å². The lowest BCUT2D eigenvalue weighted by Gasteiger charge is -2.22.